The number of ether oxygens (including phenoxy) is 3. The number of methoxy groups -OCH3 is 1. The molecule has 2 aliphatic rings. The molecule has 0 aromatic heterocycles. The second kappa shape index (κ2) is 12.1. The summed E-state index contributed by atoms with van der Waals surface area (Å²) < 4.78 is 21.7. The molecule has 0 fully saturated rings. The van der Waals surface area contributed by atoms with Crippen LogP contribution in [0, 0.1) is 13.8 Å². The molecule has 2 heterocycles. The van der Waals surface area contributed by atoms with Gasteiger partial charge in [0.15, 0.2) is 12.4 Å². The van der Waals surface area contributed by atoms with E-state index < -0.39 is 0 Å². The Morgan fingerprint density at radius 3 is 2.00 bits per heavy atom. The third-order valence-corrected chi connectivity index (χ3v) is 7.45. The molecule has 0 aliphatic carbocycles. The summed E-state index contributed by atoms with van der Waals surface area (Å²) >= 11 is 0. The van der Waals surface area contributed by atoms with E-state index in [1.807, 2.05) is 48.5 Å². The molecular weight excluding hydrogens is 520 g/mol. The van der Waals surface area contributed by atoms with E-state index in [0.717, 1.165) is 45.2 Å². The lowest BCUT2D eigenvalue weighted by Crippen LogP contribution is -2.21. The van der Waals surface area contributed by atoms with E-state index in [9.17, 15) is 0 Å². The van der Waals surface area contributed by atoms with Gasteiger partial charge in [-0.1, -0.05) is 78.9 Å². The Morgan fingerprint density at radius 2 is 1.24 bits per heavy atom. The number of aryl methyl sites for hydroxylation is 2. The summed E-state index contributed by atoms with van der Waals surface area (Å²) in [6.07, 6.45) is 4.28. The molecule has 5 aromatic carbocycles. The van der Waals surface area contributed by atoms with Crippen LogP contribution in [0.25, 0.3) is 11.1 Å². The molecule has 5 heteroatoms. The van der Waals surface area contributed by atoms with Crippen molar-refractivity contribution in [1.82, 2.24) is 0 Å². The summed E-state index contributed by atoms with van der Waals surface area (Å²) in [6.45, 7) is 5.26. The zero-order valence-corrected chi connectivity index (χ0v) is 24.2. The van der Waals surface area contributed by atoms with Gasteiger partial charge < -0.3 is 14.2 Å². The lowest BCUT2D eigenvalue weighted by molar-refractivity contribution is -0.476. The molecule has 0 saturated carbocycles. The molecule has 0 radical (unpaired) electrons. The first kappa shape index (κ1) is 27.0. The molecular formula is C37H34N2O3+2. The predicted molar refractivity (Wildman–Crippen MR) is 168 cm³/mol. The van der Waals surface area contributed by atoms with Crippen molar-refractivity contribution in [3.05, 3.63) is 138 Å². The van der Waals surface area contributed by atoms with E-state index >= 15 is 0 Å². The molecule has 0 amide bonds. The molecule has 0 N–H and O–H groups in total. The molecule has 5 aromatic rings. The van der Waals surface area contributed by atoms with Gasteiger partial charge in [-0.05, 0) is 43.2 Å². The fraction of sp³-hybridized carbons (Fsp3) is 0.135. The zero-order chi connectivity index (χ0) is 28.9. The molecule has 5 nitrogen and oxygen atoms in total. The number of hydrogen-bond acceptors (Lipinski definition) is 3. The van der Waals surface area contributed by atoms with Gasteiger partial charge in [0.05, 0.1) is 18.2 Å². The van der Waals surface area contributed by atoms with E-state index in [0.29, 0.717) is 13.5 Å². The van der Waals surface area contributed by atoms with Gasteiger partial charge in [0.2, 0.25) is 11.4 Å². The summed E-state index contributed by atoms with van der Waals surface area (Å²) in [7, 11) is 1.69. The average Bonchev–Trinajstić information content (AvgIpc) is 3.05. The van der Waals surface area contributed by atoms with Gasteiger partial charge in [0.1, 0.15) is 17.2 Å². The number of hydrogen-bond donors (Lipinski definition) is 0. The van der Waals surface area contributed by atoms with Gasteiger partial charge in [-0.2, -0.15) is 9.15 Å². The summed E-state index contributed by atoms with van der Waals surface area (Å²) in [4.78, 5) is 0. The van der Waals surface area contributed by atoms with Gasteiger partial charge >= 0.3 is 0 Å². The van der Waals surface area contributed by atoms with Crippen molar-refractivity contribution in [1.29, 1.82) is 0 Å². The highest BCUT2D eigenvalue weighted by Gasteiger charge is 2.24. The topological polar surface area (TPSA) is 33.7 Å². The molecule has 208 valence electrons. The Balaban J connectivity index is 0.000000157. The number of para-hydroxylation sites is 3. The van der Waals surface area contributed by atoms with Crippen LogP contribution in [0.5, 0.6) is 17.2 Å². The van der Waals surface area contributed by atoms with Crippen LogP contribution in [0.1, 0.15) is 22.3 Å². The number of rotatable bonds is 4. The lowest BCUT2D eigenvalue weighted by atomic mass is 10.0. The minimum atomic E-state index is 0.489. The molecule has 7 rings (SSSR count). The summed E-state index contributed by atoms with van der Waals surface area (Å²) in [5, 5.41) is 0. The second-order valence-electron chi connectivity index (χ2n) is 10.3. The maximum absolute atomic E-state index is 6.11. The standard InChI is InChI=1S/C21H18NO2.C16H16NO/c1-23-19-12-17-14-22(18-10-6-3-7-11-18)15-24-21(17)20(13-19)16-8-4-2-5-9-16;1-12-6-3-4-9-15(12)17-10-14-8-5-7-13(2)16(14)18-11-17/h2-14H,15H2,1H3;3-10H,11H2,1-2H3/q2*+1. The van der Waals surface area contributed by atoms with Gasteiger partial charge in [-0.3, -0.25) is 0 Å². The smallest absolute Gasteiger partial charge is 0.292 e. The quantitative estimate of drug-likeness (QED) is 0.212. The van der Waals surface area contributed by atoms with Crippen molar-refractivity contribution in [2.75, 3.05) is 20.6 Å². The third kappa shape index (κ3) is 5.68. The van der Waals surface area contributed by atoms with Crippen molar-refractivity contribution in [2.45, 2.75) is 13.8 Å². The molecule has 0 bridgehead atoms. The van der Waals surface area contributed by atoms with Crippen LogP contribution < -0.4 is 14.2 Å². The largest absolute Gasteiger partial charge is 0.497 e. The van der Waals surface area contributed by atoms with Crippen LogP contribution in [0.3, 0.4) is 0 Å². The van der Waals surface area contributed by atoms with Crippen molar-refractivity contribution >= 4 is 23.8 Å². The third-order valence-electron chi connectivity index (χ3n) is 7.45. The molecule has 0 saturated heterocycles. The minimum Gasteiger partial charge on any atom is -0.497 e. The number of benzene rings is 5. The predicted octanol–water partition coefficient (Wildman–Crippen LogP) is 7.89. The lowest BCUT2D eigenvalue weighted by Gasteiger charge is -2.18. The Hall–Kier alpha value is -5.16. The molecule has 42 heavy (non-hydrogen) atoms. The number of nitrogens with zero attached hydrogens (tertiary/aromatic N) is 2. The van der Waals surface area contributed by atoms with Crippen LogP contribution in [0.4, 0.5) is 11.4 Å². The second-order valence-corrected chi connectivity index (χ2v) is 10.3. The van der Waals surface area contributed by atoms with Crippen LogP contribution >= 0.6 is 0 Å². The van der Waals surface area contributed by atoms with E-state index in [2.05, 4.69) is 102 Å². The van der Waals surface area contributed by atoms with Gasteiger partial charge in [0, 0.05) is 29.3 Å². The Morgan fingerprint density at radius 1 is 0.595 bits per heavy atom. The monoisotopic (exact) mass is 554 g/mol. The minimum absolute atomic E-state index is 0.489. The summed E-state index contributed by atoms with van der Waals surface area (Å²) in [5.74, 6) is 2.72. The first-order chi connectivity index (χ1) is 20.6. The van der Waals surface area contributed by atoms with Gasteiger partial charge in [-0.15, -0.1) is 0 Å². The fourth-order valence-corrected chi connectivity index (χ4v) is 5.28. The summed E-state index contributed by atoms with van der Waals surface area (Å²) in [6, 6.07) is 39.1. The van der Waals surface area contributed by atoms with Crippen molar-refractivity contribution in [2.24, 2.45) is 0 Å². The van der Waals surface area contributed by atoms with Gasteiger partial charge in [-0.25, -0.2) is 0 Å². The van der Waals surface area contributed by atoms with Gasteiger partial charge in [0.25, 0.3) is 13.5 Å². The Labute approximate surface area is 247 Å². The number of fused-ring (bicyclic) bond motifs is 2. The van der Waals surface area contributed by atoms with E-state index in [1.54, 1.807) is 7.11 Å². The maximum Gasteiger partial charge on any atom is 0.292 e. The average molecular weight is 555 g/mol. The zero-order valence-electron chi connectivity index (χ0n) is 24.2. The highest BCUT2D eigenvalue weighted by molar-refractivity contribution is 5.89. The first-order valence-corrected chi connectivity index (χ1v) is 14.1. The normalized spacial score (nSPS) is 13.1. The Bertz CT molecular complexity index is 1780. The van der Waals surface area contributed by atoms with Crippen molar-refractivity contribution < 1.29 is 23.4 Å². The highest BCUT2D eigenvalue weighted by Crippen LogP contribution is 2.38. The van der Waals surface area contributed by atoms with E-state index in [-0.39, 0.29) is 0 Å². The fourth-order valence-electron chi connectivity index (χ4n) is 5.28. The Kier molecular flexibility index (Phi) is 7.82. The molecule has 0 atom stereocenters. The molecule has 0 unspecified atom stereocenters. The molecule has 0 spiro atoms. The van der Waals surface area contributed by atoms with Crippen molar-refractivity contribution in [3.63, 3.8) is 0 Å². The first-order valence-electron chi connectivity index (χ1n) is 14.1. The van der Waals surface area contributed by atoms with Crippen LogP contribution in [0.2, 0.25) is 0 Å². The van der Waals surface area contributed by atoms with E-state index in [4.69, 9.17) is 14.2 Å². The highest BCUT2D eigenvalue weighted by atomic mass is 16.5. The summed E-state index contributed by atoms with van der Waals surface area (Å²) in [5.41, 5.74) is 9.08. The van der Waals surface area contributed by atoms with Crippen molar-refractivity contribution in [3.8, 4) is 28.4 Å². The molecule has 2 aliphatic heterocycles. The SMILES string of the molecule is COc1cc2c(c(-c3ccccc3)c1)OC[N+](c1ccccc1)=C2.Cc1ccccc1[N+]1=Cc2cccc(C)c2OC1. The maximum atomic E-state index is 6.11. The van der Waals surface area contributed by atoms with Crippen LogP contribution in [0.15, 0.2) is 115 Å². The van der Waals surface area contributed by atoms with E-state index in [1.165, 1.54) is 16.8 Å². The van der Waals surface area contributed by atoms with Crippen LogP contribution in [-0.2, 0) is 0 Å². The van der Waals surface area contributed by atoms with Crippen LogP contribution in [-0.4, -0.2) is 42.2 Å².